The van der Waals surface area contributed by atoms with E-state index in [1.165, 1.54) is 6.82 Å². The zero-order chi connectivity index (χ0) is 13.8. The van der Waals surface area contributed by atoms with Gasteiger partial charge in [0.15, 0.2) is 11.5 Å². The van der Waals surface area contributed by atoms with E-state index in [1.54, 1.807) is 18.2 Å². The van der Waals surface area contributed by atoms with E-state index in [0.717, 1.165) is 0 Å². The highest BCUT2D eigenvalue weighted by Crippen LogP contribution is 2.33. The highest BCUT2D eigenvalue weighted by molar-refractivity contribution is 6.45. The SMILES string of the molecule is CB(O)N[C@H](CO)[C@H](O)c1ccc2c(c1)OCCO2. The van der Waals surface area contributed by atoms with E-state index >= 15 is 0 Å². The van der Waals surface area contributed by atoms with Gasteiger partial charge in [-0.05, 0) is 24.5 Å². The van der Waals surface area contributed by atoms with Crippen molar-refractivity contribution < 1.29 is 24.7 Å². The number of nitrogens with one attached hydrogen (secondary N) is 1. The summed E-state index contributed by atoms with van der Waals surface area (Å²) in [5, 5.41) is 31.4. The smallest absolute Gasteiger partial charge is 0.374 e. The van der Waals surface area contributed by atoms with E-state index in [1.807, 2.05) is 0 Å². The highest BCUT2D eigenvalue weighted by atomic mass is 16.6. The number of rotatable bonds is 5. The topological polar surface area (TPSA) is 91.2 Å². The number of benzene rings is 1. The average Bonchev–Trinajstić information content (AvgIpc) is 2.43. The fraction of sp³-hybridized carbons (Fsp3) is 0.500. The molecule has 0 aliphatic carbocycles. The van der Waals surface area contributed by atoms with E-state index < -0.39 is 19.2 Å². The first-order valence-electron chi connectivity index (χ1n) is 6.24. The van der Waals surface area contributed by atoms with Gasteiger partial charge in [-0.1, -0.05) is 6.07 Å². The van der Waals surface area contributed by atoms with E-state index in [9.17, 15) is 15.2 Å². The van der Waals surface area contributed by atoms with E-state index in [2.05, 4.69) is 5.23 Å². The second-order valence-corrected chi connectivity index (χ2v) is 4.48. The van der Waals surface area contributed by atoms with Crippen LogP contribution in [-0.2, 0) is 0 Å². The third-order valence-corrected chi connectivity index (χ3v) is 2.94. The molecule has 7 heteroatoms. The van der Waals surface area contributed by atoms with Crippen LogP contribution in [0, 0.1) is 0 Å². The minimum absolute atomic E-state index is 0.291. The molecule has 0 spiro atoms. The molecule has 1 heterocycles. The lowest BCUT2D eigenvalue weighted by Gasteiger charge is -2.25. The largest absolute Gasteiger partial charge is 0.486 e. The van der Waals surface area contributed by atoms with Crippen LogP contribution >= 0.6 is 0 Å². The van der Waals surface area contributed by atoms with Gasteiger partial charge in [-0.15, -0.1) is 0 Å². The molecule has 1 aliphatic heterocycles. The van der Waals surface area contributed by atoms with Gasteiger partial charge in [0.2, 0.25) is 0 Å². The van der Waals surface area contributed by atoms with Gasteiger partial charge in [0.1, 0.15) is 13.2 Å². The van der Waals surface area contributed by atoms with Crippen molar-refractivity contribution in [2.45, 2.75) is 19.0 Å². The molecule has 0 aromatic heterocycles. The molecule has 0 bridgehead atoms. The molecular weight excluding hydrogens is 249 g/mol. The van der Waals surface area contributed by atoms with Crippen LogP contribution in [0.4, 0.5) is 0 Å². The lowest BCUT2D eigenvalue weighted by molar-refractivity contribution is 0.0980. The Morgan fingerprint density at radius 1 is 1.32 bits per heavy atom. The van der Waals surface area contributed by atoms with Gasteiger partial charge in [0.25, 0.3) is 0 Å². The number of ether oxygens (including phenoxy) is 2. The molecule has 0 amide bonds. The predicted molar refractivity (Wildman–Crippen MR) is 70.2 cm³/mol. The van der Waals surface area contributed by atoms with Gasteiger partial charge in [-0.2, -0.15) is 0 Å². The first kappa shape index (κ1) is 14.1. The van der Waals surface area contributed by atoms with Crippen LogP contribution in [0.1, 0.15) is 11.7 Å². The Bertz CT molecular complexity index is 429. The lowest BCUT2D eigenvalue weighted by atomic mass is 9.85. The van der Waals surface area contributed by atoms with Crippen molar-refractivity contribution in [1.82, 2.24) is 5.23 Å². The first-order chi connectivity index (χ1) is 9.11. The molecule has 1 aromatic rings. The third kappa shape index (κ3) is 3.39. The van der Waals surface area contributed by atoms with Crippen molar-refractivity contribution >= 4 is 7.05 Å². The van der Waals surface area contributed by atoms with Crippen LogP contribution in [0.3, 0.4) is 0 Å². The Balaban J connectivity index is 2.15. The van der Waals surface area contributed by atoms with Crippen molar-refractivity contribution in [3.05, 3.63) is 23.8 Å². The van der Waals surface area contributed by atoms with Gasteiger partial charge in [0.05, 0.1) is 18.8 Å². The van der Waals surface area contributed by atoms with Crippen LogP contribution in [-0.4, -0.2) is 48.2 Å². The molecule has 0 fully saturated rings. The Labute approximate surface area is 112 Å². The molecule has 2 atom stereocenters. The molecule has 0 radical (unpaired) electrons. The molecule has 104 valence electrons. The zero-order valence-corrected chi connectivity index (χ0v) is 10.7. The van der Waals surface area contributed by atoms with Crippen LogP contribution in [0.2, 0.25) is 6.82 Å². The van der Waals surface area contributed by atoms with Crippen molar-refractivity contribution in [3.63, 3.8) is 0 Å². The first-order valence-corrected chi connectivity index (χ1v) is 6.24. The van der Waals surface area contributed by atoms with Crippen LogP contribution < -0.4 is 14.7 Å². The number of aliphatic hydroxyl groups excluding tert-OH is 2. The second-order valence-electron chi connectivity index (χ2n) is 4.48. The van der Waals surface area contributed by atoms with Gasteiger partial charge >= 0.3 is 7.05 Å². The molecule has 0 unspecified atom stereocenters. The van der Waals surface area contributed by atoms with Crippen molar-refractivity contribution in [3.8, 4) is 11.5 Å². The summed E-state index contributed by atoms with van der Waals surface area (Å²) in [5.74, 6) is 1.22. The minimum atomic E-state index is -0.949. The lowest BCUT2D eigenvalue weighted by Crippen LogP contribution is -2.45. The number of fused-ring (bicyclic) bond motifs is 1. The minimum Gasteiger partial charge on any atom is -0.486 e. The standard InChI is InChI=1S/C12H18BNO5/c1-13(17)14-9(7-15)12(16)8-2-3-10-11(6-8)19-5-4-18-10/h2-3,6,9,12,14-17H,4-5,7H2,1H3/t9-,12-/m1/s1. The van der Waals surface area contributed by atoms with Crippen LogP contribution in [0.15, 0.2) is 18.2 Å². The van der Waals surface area contributed by atoms with Crippen molar-refractivity contribution in [2.75, 3.05) is 19.8 Å². The maximum atomic E-state index is 10.2. The normalized spacial score (nSPS) is 16.8. The number of hydrogen-bond donors (Lipinski definition) is 4. The van der Waals surface area contributed by atoms with Gasteiger partial charge in [-0.25, -0.2) is 0 Å². The van der Waals surface area contributed by atoms with Crippen molar-refractivity contribution in [1.29, 1.82) is 0 Å². The Kier molecular flexibility index (Phi) is 4.65. The predicted octanol–water partition coefficient (Wildman–Crippen LogP) is -0.448. The fourth-order valence-electron chi connectivity index (χ4n) is 2.03. The molecular formula is C12H18BNO5. The maximum absolute atomic E-state index is 10.2. The summed E-state index contributed by atoms with van der Waals surface area (Å²) in [6, 6.07) is 4.47. The molecule has 1 aliphatic rings. The third-order valence-electron chi connectivity index (χ3n) is 2.94. The Morgan fingerprint density at radius 3 is 2.63 bits per heavy atom. The van der Waals surface area contributed by atoms with E-state index in [-0.39, 0.29) is 6.61 Å². The molecule has 1 aromatic carbocycles. The summed E-state index contributed by atoms with van der Waals surface area (Å²) >= 11 is 0. The molecule has 4 N–H and O–H groups in total. The summed E-state index contributed by atoms with van der Waals surface area (Å²) in [4.78, 5) is 0. The Morgan fingerprint density at radius 2 is 2.00 bits per heavy atom. The molecule has 0 saturated carbocycles. The van der Waals surface area contributed by atoms with E-state index in [0.29, 0.717) is 30.3 Å². The summed E-state index contributed by atoms with van der Waals surface area (Å²) < 4.78 is 10.8. The maximum Gasteiger partial charge on any atom is 0.374 e. The summed E-state index contributed by atoms with van der Waals surface area (Å²) in [6.45, 7) is 2.22. The number of hydrogen-bond acceptors (Lipinski definition) is 6. The zero-order valence-electron chi connectivity index (χ0n) is 10.7. The van der Waals surface area contributed by atoms with Crippen LogP contribution in [0.5, 0.6) is 11.5 Å². The summed E-state index contributed by atoms with van der Waals surface area (Å²) in [5.41, 5.74) is 0.594. The van der Waals surface area contributed by atoms with E-state index in [4.69, 9.17) is 9.47 Å². The quantitative estimate of drug-likeness (QED) is 0.540. The van der Waals surface area contributed by atoms with Crippen LogP contribution in [0.25, 0.3) is 0 Å². The van der Waals surface area contributed by atoms with Gasteiger partial charge in [-0.3, -0.25) is 0 Å². The second kappa shape index (κ2) is 6.25. The molecule has 6 nitrogen and oxygen atoms in total. The monoisotopic (exact) mass is 267 g/mol. The summed E-state index contributed by atoms with van der Waals surface area (Å²) in [7, 11) is -0.816. The average molecular weight is 267 g/mol. The molecule has 0 saturated heterocycles. The molecule has 2 rings (SSSR count). The van der Waals surface area contributed by atoms with Gasteiger partial charge in [0, 0.05) is 0 Å². The number of aliphatic hydroxyl groups is 2. The summed E-state index contributed by atoms with van der Waals surface area (Å²) in [6.07, 6.45) is -0.949. The fourth-order valence-corrected chi connectivity index (χ4v) is 2.03. The van der Waals surface area contributed by atoms with Gasteiger partial charge < -0.3 is 29.9 Å². The van der Waals surface area contributed by atoms with Crippen molar-refractivity contribution in [2.24, 2.45) is 0 Å². The highest BCUT2D eigenvalue weighted by Gasteiger charge is 2.24. The Hall–Kier alpha value is -1.28. The molecule has 19 heavy (non-hydrogen) atoms.